The van der Waals surface area contributed by atoms with E-state index in [1.807, 2.05) is 0 Å². The monoisotopic (exact) mass is 194 g/mol. The van der Waals surface area contributed by atoms with Crippen molar-refractivity contribution >= 4 is 0 Å². The van der Waals surface area contributed by atoms with Crippen LogP contribution in [0.1, 0.15) is 47.5 Å². The molecule has 0 aliphatic heterocycles. The minimum Gasteiger partial charge on any atom is -0.0625 e. The van der Waals surface area contributed by atoms with Gasteiger partial charge in [0.05, 0.1) is 0 Å². The summed E-state index contributed by atoms with van der Waals surface area (Å²) in [6.45, 7) is 12.3. The van der Waals surface area contributed by atoms with E-state index in [1.165, 1.54) is 12.8 Å². The predicted molar refractivity (Wildman–Crippen MR) is 62.0 cm³/mol. The number of rotatable bonds is 1. The molecule has 2 rings (SSSR count). The Bertz CT molecular complexity index is 206. The van der Waals surface area contributed by atoms with Crippen molar-refractivity contribution in [3.8, 4) is 0 Å². The largest absolute Gasteiger partial charge is 0.0625 e. The summed E-state index contributed by atoms with van der Waals surface area (Å²) in [4.78, 5) is 0. The SMILES string of the molecule is CC(C)C1CC2CC(C)C(C)C2C1C. The molecule has 0 saturated heterocycles. The molecule has 2 saturated carbocycles. The quantitative estimate of drug-likeness (QED) is 0.586. The molecule has 2 fully saturated rings. The highest BCUT2D eigenvalue weighted by atomic mass is 14.5. The Labute approximate surface area is 89.5 Å². The van der Waals surface area contributed by atoms with Crippen molar-refractivity contribution in [3.63, 3.8) is 0 Å². The third-order valence-corrected chi connectivity index (χ3v) is 5.44. The minimum absolute atomic E-state index is 0.901. The first-order valence-electron chi connectivity index (χ1n) is 6.52. The molecular weight excluding hydrogens is 168 g/mol. The van der Waals surface area contributed by atoms with Gasteiger partial charge in [-0.1, -0.05) is 34.6 Å². The lowest BCUT2D eigenvalue weighted by molar-refractivity contribution is 0.214. The van der Waals surface area contributed by atoms with Crippen LogP contribution in [0.2, 0.25) is 0 Å². The van der Waals surface area contributed by atoms with Crippen molar-refractivity contribution in [2.45, 2.75) is 47.5 Å². The summed E-state index contributed by atoms with van der Waals surface area (Å²) in [6.07, 6.45) is 3.04. The summed E-state index contributed by atoms with van der Waals surface area (Å²) in [7, 11) is 0. The summed E-state index contributed by atoms with van der Waals surface area (Å²) in [5.41, 5.74) is 0. The van der Waals surface area contributed by atoms with Gasteiger partial charge in [0, 0.05) is 0 Å². The number of hydrogen-bond donors (Lipinski definition) is 0. The molecule has 0 radical (unpaired) electrons. The topological polar surface area (TPSA) is 0 Å². The molecule has 0 aromatic carbocycles. The van der Waals surface area contributed by atoms with Gasteiger partial charge < -0.3 is 0 Å². The fourth-order valence-electron chi connectivity index (χ4n) is 4.55. The first kappa shape index (κ1) is 10.5. The van der Waals surface area contributed by atoms with Gasteiger partial charge in [-0.05, 0) is 54.3 Å². The van der Waals surface area contributed by atoms with E-state index in [4.69, 9.17) is 0 Å². The summed E-state index contributed by atoms with van der Waals surface area (Å²) in [5, 5.41) is 0. The summed E-state index contributed by atoms with van der Waals surface area (Å²) in [6, 6.07) is 0. The maximum absolute atomic E-state index is 2.52. The van der Waals surface area contributed by atoms with E-state index >= 15 is 0 Å². The molecule has 0 aromatic heterocycles. The Morgan fingerprint density at radius 3 is 2.07 bits per heavy atom. The Balaban J connectivity index is 2.12. The van der Waals surface area contributed by atoms with Crippen LogP contribution in [0.3, 0.4) is 0 Å². The van der Waals surface area contributed by atoms with E-state index in [9.17, 15) is 0 Å². The third kappa shape index (κ3) is 1.42. The van der Waals surface area contributed by atoms with E-state index in [2.05, 4.69) is 34.6 Å². The smallest absolute Gasteiger partial charge is 0.0329 e. The summed E-state index contributed by atoms with van der Waals surface area (Å²) >= 11 is 0. The highest BCUT2D eigenvalue weighted by molar-refractivity contribution is 4.98. The van der Waals surface area contributed by atoms with Crippen LogP contribution in [-0.4, -0.2) is 0 Å². The predicted octanol–water partition coefficient (Wildman–Crippen LogP) is 4.21. The van der Waals surface area contributed by atoms with Crippen molar-refractivity contribution in [3.05, 3.63) is 0 Å². The lowest BCUT2D eigenvalue weighted by atomic mass is 9.78. The van der Waals surface area contributed by atoms with Gasteiger partial charge in [-0.2, -0.15) is 0 Å². The molecule has 0 bridgehead atoms. The molecular formula is C14H26. The van der Waals surface area contributed by atoms with Crippen LogP contribution in [0.25, 0.3) is 0 Å². The van der Waals surface area contributed by atoms with E-state index in [1.54, 1.807) is 0 Å². The van der Waals surface area contributed by atoms with E-state index in [-0.39, 0.29) is 0 Å². The number of hydrogen-bond acceptors (Lipinski definition) is 0. The highest BCUT2D eigenvalue weighted by Crippen LogP contribution is 2.56. The van der Waals surface area contributed by atoms with Crippen molar-refractivity contribution in [2.75, 3.05) is 0 Å². The summed E-state index contributed by atoms with van der Waals surface area (Å²) in [5.74, 6) is 7.00. The Morgan fingerprint density at radius 2 is 1.57 bits per heavy atom. The average molecular weight is 194 g/mol. The molecule has 0 nitrogen and oxygen atoms in total. The Kier molecular flexibility index (Phi) is 2.66. The zero-order chi connectivity index (χ0) is 10.5. The molecule has 0 aromatic rings. The fraction of sp³-hybridized carbons (Fsp3) is 1.00. The van der Waals surface area contributed by atoms with Gasteiger partial charge >= 0.3 is 0 Å². The van der Waals surface area contributed by atoms with Crippen molar-refractivity contribution < 1.29 is 0 Å². The van der Waals surface area contributed by atoms with Gasteiger partial charge in [0.2, 0.25) is 0 Å². The van der Waals surface area contributed by atoms with Crippen molar-refractivity contribution in [1.82, 2.24) is 0 Å². The highest BCUT2D eigenvalue weighted by Gasteiger charge is 2.49. The first-order chi connectivity index (χ1) is 6.52. The molecule has 2 aliphatic carbocycles. The molecule has 0 amide bonds. The zero-order valence-corrected chi connectivity index (χ0v) is 10.5. The maximum Gasteiger partial charge on any atom is -0.0329 e. The molecule has 0 heterocycles. The normalized spacial score (nSPS) is 52.7. The fourth-order valence-corrected chi connectivity index (χ4v) is 4.55. The molecule has 6 unspecified atom stereocenters. The van der Waals surface area contributed by atoms with Gasteiger partial charge in [0.1, 0.15) is 0 Å². The van der Waals surface area contributed by atoms with E-state index in [0.29, 0.717) is 0 Å². The molecule has 2 aliphatic rings. The third-order valence-electron chi connectivity index (χ3n) is 5.44. The van der Waals surface area contributed by atoms with Crippen molar-refractivity contribution in [2.24, 2.45) is 41.4 Å². The lowest BCUT2D eigenvalue weighted by Crippen LogP contribution is -2.21. The van der Waals surface area contributed by atoms with Crippen LogP contribution in [0, 0.1) is 41.4 Å². The van der Waals surface area contributed by atoms with Gasteiger partial charge in [-0.3, -0.25) is 0 Å². The van der Waals surface area contributed by atoms with Crippen molar-refractivity contribution in [1.29, 1.82) is 0 Å². The molecule has 82 valence electrons. The van der Waals surface area contributed by atoms with Crippen LogP contribution < -0.4 is 0 Å². The lowest BCUT2D eigenvalue weighted by Gasteiger charge is -2.27. The van der Waals surface area contributed by atoms with Crippen LogP contribution in [-0.2, 0) is 0 Å². The van der Waals surface area contributed by atoms with E-state index in [0.717, 1.165) is 41.4 Å². The summed E-state index contributed by atoms with van der Waals surface area (Å²) < 4.78 is 0. The van der Waals surface area contributed by atoms with Gasteiger partial charge in [0.15, 0.2) is 0 Å². The standard InChI is InChI=1S/C14H26/c1-8(2)13-7-12-6-9(3)10(4)14(12)11(13)5/h8-14H,6-7H2,1-5H3. The second kappa shape index (κ2) is 3.54. The van der Waals surface area contributed by atoms with E-state index < -0.39 is 0 Å². The second-order valence-electron chi connectivity index (χ2n) is 6.41. The molecule has 6 atom stereocenters. The first-order valence-corrected chi connectivity index (χ1v) is 6.52. The maximum atomic E-state index is 2.52. The Hall–Kier alpha value is 0. The molecule has 0 spiro atoms. The van der Waals surface area contributed by atoms with Gasteiger partial charge in [-0.15, -0.1) is 0 Å². The minimum atomic E-state index is 0.901. The Morgan fingerprint density at radius 1 is 0.929 bits per heavy atom. The van der Waals surface area contributed by atoms with Gasteiger partial charge in [0.25, 0.3) is 0 Å². The van der Waals surface area contributed by atoms with Crippen LogP contribution in [0.15, 0.2) is 0 Å². The zero-order valence-electron chi connectivity index (χ0n) is 10.5. The van der Waals surface area contributed by atoms with Crippen LogP contribution >= 0.6 is 0 Å². The number of fused-ring (bicyclic) bond motifs is 1. The molecule has 0 heteroatoms. The second-order valence-corrected chi connectivity index (χ2v) is 6.41. The van der Waals surface area contributed by atoms with Crippen LogP contribution in [0.4, 0.5) is 0 Å². The average Bonchev–Trinajstić information content (AvgIpc) is 2.54. The molecule has 0 N–H and O–H groups in total. The van der Waals surface area contributed by atoms with Crippen LogP contribution in [0.5, 0.6) is 0 Å². The molecule has 14 heavy (non-hydrogen) atoms. The van der Waals surface area contributed by atoms with Gasteiger partial charge in [-0.25, -0.2) is 0 Å².